The van der Waals surface area contributed by atoms with Gasteiger partial charge in [-0.3, -0.25) is 0 Å². The minimum absolute atomic E-state index is 0.319. The molecule has 0 saturated carbocycles. The third-order valence-electron chi connectivity index (χ3n) is 3.04. The van der Waals surface area contributed by atoms with Gasteiger partial charge in [0.15, 0.2) is 0 Å². The summed E-state index contributed by atoms with van der Waals surface area (Å²) in [4.78, 5) is 4.25. The molecule has 4 heteroatoms. The lowest BCUT2D eigenvalue weighted by Gasteiger charge is -2.26. The highest BCUT2D eigenvalue weighted by Crippen LogP contribution is 2.37. The highest BCUT2D eigenvalue weighted by Gasteiger charge is 2.39. The van der Waals surface area contributed by atoms with Crippen molar-refractivity contribution in [1.82, 2.24) is 9.55 Å². The molecule has 2 rings (SSSR count). The molecule has 0 radical (unpaired) electrons. The van der Waals surface area contributed by atoms with E-state index in [1.54, 1.807) is 6.20 Å². The predicted octanol–water partition coefficient (Wildman–Crippen LogP) is 1.22. The molecule has 1 aromatic heterocycles. The molecule has 2 heterocycles. The third-order valence-corrected chi connectivity index (χ3v) is 4.42. The first-order valence-electron chi connectivity index (χ1n) is 4.92. The average Bonchev–Trinajstić information content (AvgIpc) is 2.64. The normalized spacial score (nSPS) is 32.4. The van der Waals surface area contributed by atoms with Crippen molar-refractivity contribution in [2.45, 2.75) is 30.6 Å². The Labute approximate surface area is 88.5 Å². The molecule has 1 aliphatic heterocycles. The van der Waals surface area contributed by atoms with Crippen LogP contribution in [0, 0.1) is 0 Å². The Balaban J connectivity index is 2.14. The lowest BCUT2D eigenvalue weighted by atomic mass is 9.93. The van der Waals surface area contributed by atoms with Crippen LogP contribution >= 0.6 is 11.8 Å². The molecule has 2 atom stereocenters. The minimum Gasteiger partial charge on any atom is -0.388 e. The SMILES string of the molecule is CC1SCCC1(O)Cc1nccn1C. The van der Waals surface area contributed by atoms with E-state index in [-0.39, 0.29) is 0 Å². The van der Waals surface area contributed by atoms with Crippen LogP contribution in [-0.4, -0.2) is 31.3 Å². The second-order valence-electron chi connectivity index (χ2n) is 4.00. The third kappa shape index (κ3) is 1.68. The number of aryl methyl sites for hydroxylation is 1. The molecule has 0 aliphatic carbocycles. The number of rotatable bonds is 2. The molecular weight excluding hydrogens is 196 g/mol. The predicted molar refractivity (Wildman–Crippen MR) is 58.4 cm³/mol. The van der Waals surface area contributed by atoms with E-state index >= 15 is 0 Å². The van der Waals surface area contributed by atoms with Gasteiger partial charge in [0.25, 0.3) is 0 Å². The molecule has 1 aromatic rings. The maximum absolute atomic E-state index is 10.4. The smallest absolute Gasteiger partial charge is 0.111 e. The van der Waals surface area contributed by atoms with Crippen LogP contribution in [0.25, 0.3) is 0 Å². The summed E-state index contributed by atoms with van der Waals surface area (Å²) in [5, 5.41) is 10.7. The van der Waals surface area contributed by atoms with Crippen molar-refractivity contribution in [1.29, 1.82) is 0 Å². The number of nitrogens with zero attached hydrogens (tertiary/aromatic N) is 2. The van der Waals surface area contributed by atoms with Crippen LogP contribution in [0.1, 0.15) is 19.2 Å². The van der Waals surface area contributed by atoms with Crippen molar-refractivity contribution in [3.63, 3.8) is 0 Å². The summed E-state index contributed by atoms with van der Waals surface area (Å²) in [6.45, 7) is 2.10. The molecular formula is C10H16N2OS. The molecule has 78 valence electrons. The maximum Gasteiger partial charge on any atom is 0.111 e. The second kappa shape index (κ2) is 3.59. The summed E-state index contributed by atoms with van der Waals surface area (Å²) in [6, 6.07) is 0. The standard InChI is InChI=1S/C10H16N2OS/c1-8-10(13,3-6-14-8)7-9-11-4-5-12(9)2/h4-5,8,13H,3,6-7H2,1-2H3. The monoisotopic (exact) mass is 212 g/mol. The van der Waals surface area contributed by atoms with Gasteiger partial charge in [-0.15, -0.1) is 0 Å². The van der Waals surface area contributed by atoms with Gasteiger partial charge in [-0.1, -0.05) is 6.92 Å². The van der Waals surface area contributed by atoms with Gasteiger partial charge in [0.1, 0.15) is 5.82 Å². The Hall–Kier alpha value is -0.480. The molecule has 0 spiro atoms. The zero-order valence-corrected chi connectivity index (χ0v) is 9.42. The van der Waals surface area contributed by atoms with Gasteiger partial charge in [-0.2, -0.15) is 11.8 Å². The van der Waals surface area contributed by atoms with Crippen LogP contribution in [0.5, 0.6) is 0 Å². The van der Waals surface area contributed by atoms with Crippen LogP contribution in [0.15, 0.2) is 12.4 Å². The number of aromatic nitrogens is 2. The van der Waals surface area contributed by atoms with Crippen LogP contribution in [-0.2, 0) is 13.5 Å². The Morgan fingerprint density at radius 2 is 2.57 bits per heavy atom. The molecule has 3 nitrogen and oxygen atoms in total. The van der Waals surface area contributed by atoms with E-state index < -0.39 is 5.60 Å². The van der Waals surface area contributed by atoms with E-state index in [4.69, 9.17) is 0 Å². The Kier molecular flexibility index (Phi) is 2.58. The van der Waals surface area contributed by atoms with Crippen molar-refractivity contribution in [2.75, 3.05) is 5.75 Å². The molecule has 2 unspecified atom stereocenters. The van der Waals surface area contributed by atoms with Crippen molar-refractivity contribution in [2.24, 2.45) is 7.05 Å². The van der Waals surface area contributed by atoms with Gasteiger partial charge in [0, 0.05) is 31.1 Å². The Bertz CT molecular complexity index is 326. The first kappa shape index (κ1) is 10.1. The van der Waals surface area contributed by atoms with E-state index in [1.165, 1.54) is 0 Å². The zero-order chi connectivity index (χ0) is 10.2. The van der Waals surface area contributed by atoms with Crippen molar-refractivity contribution in [3.05, 3.63) is 18.2 Å². The van der Waals surface area contributed by atoms with Gasteiger partial charge in [-0.25, -0.2) is 4.98 Å². The van der Waals surface area contributed by atoms with E-state index in [0.717, 1.165) is 18.0 Å². The molecule has 0 bridgehead atoms. The van der Waals surface area contributed by atoms with Crippen LogP contribution in [0.4, 0.5) is 0 Å². The van der Waals surface area contributed by atoms with Gasteiger partial charge in [0.05, 0.1) is 5.60 Å². The molecule has 0 amide bonds. The topological polar surface area (TPSA) is 38.1 Å². The zero-order valence-electron chi connectivity index (χ0n) is 8.60. The molecule has 1 aliphatic rings. The average molecular weight is 212 g/mol. The van der Waals surface area contributed by atoms with E-state index in [2.05, 4.69) is 11.9 Å². The molecule has 1 fully saturated rings. The maximum atomic E-state index is 10.4. The number of hydrogen-bond donors (Lipinski definition) is 1. The van der Waals surface area contributed by atoms with Gasteiger partial charge < -0.3 is 9.67 Å². The van der Waals surface area contributed by atoms with Gasteiger partial charge in [-0.05, 0) is 12.2 Å². The van der Waals surface area contributed by atoms with Crippen molar-refractivity contribution >= 4 is 11.8 Å². The fourth-order valence-corrected chi connectivity index (χ4v) is 3.18. The van der Waals surface area contributed by atoms with E-state index in [1.807, 2.05) is 29.6 Å². The highest BCUT2D eigenvalue weighted by atomic mass is 32.2. The number of hydrogen-bond acceptors (Lipinski definition) is 3. The van der Waals surface area contributed by atoms with Gasteiger partial charge >= 0.3 is 0 Å². The lowest BCUT2D eigenvalue weighted by Crippen LogP contribution is -2.37. The largest absolute Gasteiger partial charge is 0.388 e. The fourth-order valence-electron chi connectivity index (χ4n) is 1.84. The number of thioether (sulfide) groups is 1. The first-order valence-corrected chi connectivity index (χ1v) is 5.97. The molecule has 1 N–H and O–H groups in total. The molecule has 0 aromatic carbocycles. The summed E-state index contributed by atoms with van der Waals surface area (Å²) >= 11 is 1.84. The fraction of sp³-hybridized carbons (Fsp3) is 0.700. The Morgan fingerprint density at radius 1 is 1.79 bits per heavy atom. The summed E-state index contributed by atoms with van der Waals surface area (Å²) < 4.78 is 1.98. The van der Waals surface area contributed by atoms with Crippen LogP contribution in [0.3, 0.4) is 0 Å². The number of aliphatic hydroxyl groups is 1. The van der Waals surface area contributed by atoms with Gasteiger partial charge in [0.2, 0.25) is 0 Å². The molecule has 14 heavy (non-hydrogen) atoms. The first-order chi connectivity index (χ1) is 6.62. The van der Waals surface area contributed by atoms with E-state index in [0.29, 0.717) is 11.7 Å². The lowest BCUT2D eigenvalue weighted by molar-refractivity contribution is 0.0438. The second-order valence-corrected chi connectivity index (χ2v) is 5.45. The highest BCUT2D eigenvalue weighted by molar-refractivity contribution is 8.00. The number of imidazole rings is 1. The molecule has 1 saturated heterocycles. The Morgan fingerprint density at radius 3 is 3.07 bits per heavy atom. The van der Waals surface area contributed by atoms with Crippen molar-refractivity contribution in [3.8, 4) is 0 Å². The van der Waals surface area contributed by atoms with E-state index in [9.17, 15) is 5.11 Å². The van der Waals surface area contributed by atoms with Crippen LogP contribution in [0.2, 0.25) is 0 Å². The summed E-state index contributed by atoms with van der Waals surface area (Å²) in [5.41, 5.74) is -0.552. The summed E-state index contributed by atoms with van der Waals surface area (Å²) in [6.07, 6.45) is 5.26. The minimum atomic E-state index is -0.552. The summed E-state index contributed by atoms with van der Waals surface area (Å²) in [7, 11) is 1.97. The van der Waals surface area contributed by atoms with Crippen molar-refractivity contribution < 1.29 is 5.11 Å². The summed E-state index contributed by atoms with van der Waals surface area (Å²) in [5.74, 6) is 2.03. The quantitative estimate of drug-likeness (QED) is 0.801. The van der Waals surface area contributed by atoms with Crippen LogP contribution < -0.4 is 0 Å².